The first-order valence-corrected chi connectivity index (χ1v) is 10.8. The first-order valence-electron chi connectivity index (χ1n) is 9.90. The molecular weight excluding hydrogens is 374 g/mol. The Kier molecular flexibility index (Phi) is 7.92. The summed E-state index contributed by atoms with van der Waals surface area (Å²) in [5.74, 6) is -1.15. The van der Waals surface area contributed by atoms with Crippen molar-refractivity contribution < 1.29 is 14.4 Å². The summed E-state index contributed by atoms with van der Waals surface area (Å²) < 4.78 is 0. The summed E-state index contributed by atoms with van der Waals surface area (Å²) in [5.41, 5.74) is 0. The van der Waals surface area contributed by atoms with Crippen LogP contribution >= 0.6 is 11.3 Å². The van der Waals surface area contributed by atoms with Gasteiger partial charge in [0.25, 0.3) is 0 Å². The van der Waals surface area contributed by atoms with Gasteiger partial charge < -0.3 is 10.6 Å². The number of rotatable bonds is 10. The lowest BCUT2D eigenvalue weighted by atomic mass is 9.80. The molecule has 1 fully saturated rings. The van der Waals surface area contributed by atoms with E-state index in [1.54, 1.807) is 17.7 Å². The Morgan fingerprint density at radius 2 is 2.07 bits per heavy atom. The van der Waals surface area contributed by atoms with Crippen LogP contribution in [0, 0.1) is 29.6 Å². The van der Waals surface area contributed by atoms with E-state index in [4.69, 9.17) is 0 Å². The highest BCUT2D eigenvalue weighted by atomic mass is 32.1. The van der Waals surface area contributed by atoms with Gasteiger partial charge >= 0.3 is 0 Å². The molecule has 2 rings (SSSR count). The van der Waals surface area contributed by atoms with Gasteiger partial charge in [0.2, 0.25) is 11.8 Å². The van der Waals surface area contributed by atoms with Crippen LogP contribution in [0.4, 0.5) is 0 Å². The number of Topliss-reactive ketones (excluding diaryl/α,β-unsaturated/α-hetero) is 1. The Morgan fingerprint density at radius 1 is 1.36 bits per heavy atom. The second-order valence-corrected chi connectivity index (χ2v) is 9.00. The van der Waals surface area contributed by atoms with Gasteiger partial charge in [0.1, 0.15) is 0 Å². The first kappa shape index (κ1) is 22.3. The highest BCUT2D eigenvalue weighted by Gasteiger charge is 2.38. The van der Waals surface area contributed by atoms with Crippen LogP contribution in [-0.4, -0.2) is 35.2 Å². The number of thiazole rings is 1. The quantitative estimate of drug-likeness (QED) is 0.462. The summed E-state index contributed by atoms with van der Waals surface area (Å²) in [6.07, 6.45) is 4.38. The molecule has 1 aliphatic rings. The van der Waals surface area contributed by atoms with Crippen LogP contribution in [0.1, 0.15) is 50.3 Å². The Morgan fingerprint density at radius 3 is 2.54 bits per heavy atom. The van der Waals surface area contributed by atoms with Crippen LogP contribution in [0.25, 0.3) is 0 Å². The molecule has 0 spiro atoms. The molecule has 0 aromatic carbocycles. The van der Waals surface area contributed by atoms with Crippen molar-refractivity contribution in [1.82, 2.24) is 15.6 Å². The molecular formula is C21H31N3O3S. The second kappa shape index (κ2) is 9.96. The number of carbonyl (C=O) groups is 3. The smallest absolute Gasteiger partial charge is 0.227 e. The van der Waals surface area contributed by atoms with E-state index in [1.807, 2.05) is 27.7 Å². The van der Waals surface area contributed by atoms with Gasteiger partial charge in [0, 0.05) is 36.0 Å². The lowest BCUT2D eigenvalue weighted by Crippen LogP contribution is -2.49. The topological polar surface area (TPSA) is 88.2 Å². The number of amides is 2. The van der Waals surface area contributed by atoms with Gasteiger partial charge in [0.15, 0.2) is 10.8 Å². The number of nitrogens with one attached hydrogen (secondary N) is 2. The molecule has 1 aromatic rings. The summed E-state index contributed by atoms with van der Waals surface area (Å²) in [5, 5.41) is 8.12. The van der Waals surface area contributed by atoms with E-state index in [9.17, 15) is 14.4 Å². The van der Waals surface area contributed by atoms with E-state index in [-0.39, 0.29) is 47.3 Å². The Bertz CT molecular complexity index is 700. The first-order chi connectivity index (χ1) is 13.3. The minimum atomic E-state index is -0.499. The summed E-state index contributed by atoms with van der Waals surface area (Å²) in [6.45, 7) is 12.3. The molecule has 4 atom stereocenters. The third-order valence-corrected chi connectivity index (χ3v) is 6.20. The number of ketones is 1. The van der Waals surface area contributed by atoms with Crippen molar-refractivity contribution in [3.05, 3.63) is 29.2 Å². The molecule has 2 heterocycles. The number of hydrogen-bond acceptors (Lipinski definition) is 5. The third-order valence-electron chi connectivity index (χ3n) is 5.42. The molecule has 2 N–H and O–H groups in total. The molecule has 7 heteroatoms. The number of aromatic nitrogens is 1. The standard InChI is InChI=1S/C21H31N3O3S/c1-6-15(12(2)3)20(27)24-17(13(4)5)16(11-14-7-8-22-19(14)26)18(25)21-23-9-10-28-21/h6,9-10,12-17H,1,7-8,11H2,2-5H3,(H,22,26)(H,24,27)/t14-,15-,16+,17-/m0/s1. The highest BCUT2D eigenvalue weighted by molar-refractivity contribution is 7.11. The zero-order chi connectivity index (χ0) is 20.8. The summed E-state index contributed by atoms with van der Waals surface area (Å²) in [4.78, 5) is 42.4. The Labute approximate surface area is 171 Å². The average molecular weight is 406 g/mol. The minimum Gasteiger partial charge on any atom is -0.356 e. The molecule has 154 valence electrons. The van der Waals surface area contributed by atoms with Crippen LogP contribution in [0.5, 0.6) is 0 Å². The maximum atomic E-state index is 13.2. The van der Waals surface area contributed by atoms with Gasteiger partial charge in [-0.05, 0) is 24.7 Å². The van der Waals surface area contributed by atoms with Crippen molar-refractivity contribution in [2.75, 3.05) is 6.54 Å². The Hall–Kier alpha value is -2.02. The fourth-order valence-electron chi connectivity index (χ4n) is 3.77. The van der Waals surface area contributed by atoms with Crippen LogP contribution < -0.4 is 10.6 Å². The number of carbonyl (C=O) groups excluding carboxylic acids is 3. The fraction of sp³-hybridized carbons (Fsp3) is 0.619. The number of hydrogen-bond donors (Lipinski definition) is 2. The molecule has 28 heavy (non-hydrogen) atoms. The maximum Gasteiger partial charge on any atom is 0.227 e. The largest absolute Gasteiger partial charge is 0.356 e. The number of nitrogens with zero attached hydrogens (tertiary/aromatic N) is 1. The van der Waals surface area contributed by atoms with E-state index in [2.05, 4.69) is 22.2 Å². The highest BCUT2D eigenvalue weighted by Crippen LogP contribution is 2.29. The van der Waals surface area contributed by atoms with Crippen molar-refractivity contribution in [2.24, 2.45) is 29.6 Å². The summed E-state index contributed by atoms with van der Waals surface area (Å²) >= 11 is 1.29. The van der Waals surface area contributed by atoms with E-state index in [0.717, 1.165) is 0 Å². The predicted octanol–water partition coefficient (Wildman–Crippen LogP) is 3.07. The molecule has 1 saturated heterocycles. The molecule has 0 radical (unpaired) electrons. The monoisotopic (exact) mass is 405 g/mol. The minimum absolute atomic E-state index is 0.0167. The van der Waals surface area contributed by atoms with Gasteiger partial charge in [-0.25, -0.2) is 4.98 Å². The summed E-state index contributed by atoms with van der Waals surface area (Å²) in [7, 11) is 0. The normalized spacial score (nSPS) is 19.9. The lowest BCUT2D eigenvalue weighted by Gasteiger charge is -2.32. The maximum absolute atomic E-state index is 13.2. The van der Waals surface area contributed by atoms with E-state index >= 15 is 0 Å². The van der Waals surface area contributed by atoms with Gasteiger partial charge in [-0.3, -0.25) is 14.4 Å². The van der Waals surface area contributed by atoms with Crippen molar-refractivity contribution in [3.63, 3.8) is 0 Å². The van der Waals surface area contributed by atoms with Gasteiger partial charge in [-0.2, -0.15) is 0 Å². The molecule has 0 saturated carbocycles. The van der Waals surface area contributed by atoms with E-state index in [0.29, 0.717) is 24.4 Å². The van der Waals surface area contributed by atoms with E-state index < -0.39 is 5.92 Å². The fourth-order valence-corrected chi connectivity index (χ4v) is 4.41. The van der Waals surface area contributed by atoms with Crippen molar-refractivity contribution in [3.8, 4) is 0 Å². The zero-order valence-electron chi connectivity index (χ0n) is 17.1. The zero-order valence-corrected chi connectivity index (χ0v) is 17.9. The van der Waals surface area contributed by atoms with Crippen LogP contribution in [-0.2, 0) is 9.59 Å². The van der Waals surface area contributed by atoms with Crippen LogP contribution in [0.2, 0.25) is 0 Å². The molecule has 2 amide bonds. The molecule has 0 aliphatic carbocycles. The lowest BCUT2D eigenvalue weighted by molar-refractivity contribution is -0.126. The molecule has 6 nitrogen and oxygen atoms in total. The van der Waals surface area contributed by atoms with Crippen LogP contribution in [0.3, 0.4) is 0 Å². The van der Waals surface area contributed by atoms with Gasteiger partial charge in [-0.1, -0.05) is 33.8 Å². The van der Waals surface area contributed by atoms with Crippen molar-refractivity contribution >= 4 is 28.9 Å². The Balaban J connectivity index is 2.30. The summed E-state index contributed by atoms with van der Waals surface area (Å²) in [6, 6.07) is -0.376. The third kappa shape index (κ3) is 5.28. The van der Waals surface area contributed by atoms with Crippen LogP contribution in [0.15, 0.2) is 24.2 Å². The second-order valence-electron chi connectivity index (χ2n) is 8.10. The SMILES string of the molecule is C=C[C@H](C(=O)N[C@@H](C(C)C)[C@@H](C[C@@H]1CCNC1=O)C(=O)c1nccs1)C(C)C. The predicted molar refractivity (Wildman–Crippen MR) is 111 cm³/mol. The molecule has 1 aromatic heterocycles. The van der Waals surface area contributed by atoms with Gasteiger partial charge in [0.05, 0.1) is 5.92 Å². The molecule has 1 aliphatic heterocycles. The molecule has 0 bridgehead atoms. The van der Waals surface area contributed by atoms with Gasteiger partial charge in [-0.15, -0.1) is 17.9 Å². The molecule has 0 unspecified atom stereocenters. The van der Waals surface area contributed by atoms with Crippen molar-refractivity contribution in [2.45, 2.75) is 46.6 Å². The van der Waals surface area contributed by atoms with Crippen molar-refractivity contribution in [1.29, 1.82) is 0 Å². The average Bonchev–Trinajstić information content (AvgIpc) is 3.29. The van der Waals surface area contributed by atoms with E-state index in [1.165, 1.54) is 11.3 Å².